The van der Waals surface area contributed by atoms with Crippen molar-refractivity contribution < 1.29 is 19.2 Å². The van der Waals surface area contributed by atoms with Gasteiger partial charge in [0, 0.05) is 11.5 Å². The van der Waals surface area contributed by atoms with E-state index in [9.17, 15) is 14.9 Å². The number of hydrogen-bond donors (Lipinski definition) is 0. The second-order valence-corrected chi connectivity index (χ2v) is 7.60. The average molecular weight is 311 g/mol. The molecule has 0 saturated heterocycles. The van der Waals surface area contributed by atoms with Crippen LogP contribution in [0.5, 0.6) is 0 Å². The molecule has 124 valence electrons. The quantitative estimate of drug-likeness (QED) is 0.431. The van der Waals surface area contributed by atoms with Gasteiger partial charge in [0.05, 0.1) is 18.1 Å². The van der Waals surface area contributed by atoms with Gasteiger partial charge in [0.15, 0.2) is 0 Å². The predicted octanol–water partition coefficient (Wildman–Crippen LogP) is 4.30. The van der Waals surface area contributed by atoms with E-state index in [2.05, 4.69) is 4.74 Å². The van der Waals surface area contributed by atoms with Crippen molar-refractivity contribution in [2.24, 2.45) is 16.7 Å². The molecule has 6 heteroatoms. The van der Waals surface area contributed by atoms with E-state index in [1.165, 1.54) is 13.2 Å². The van der Waals surface area contributed by atoms with E-state index in [1.54, 1.807) is 0 Å². The molecule has 1 unspecified atom stereocenters. The first-order valence-electron chi connectivity index (χ1n) is 7.23. The standard InChI is InChI=1S/C16H25NO5/c1-15(2,3)10-8-11(16(4,5)6)13(22-14(18)21-7)9-12(10)17(19)20/h9,11H,8H2,1-7H3. The third-order valence-corrected chi connectivity index (χ3v) is 3.86. The van der Waals surface area contributed by atoms with Gasteiger partial charge < -0.3 is 9.47 Å². The van der Waals surface area contributed by atoms with Crippen molar-refractivity contribution in [3.05, 3.63) is 33.2 Å². The van der Waals surface area contributed by atoms with Crippen molar-refractivity contribution in [1.29, 1.82) is 0 Å². The van der Waals surface area contributed by atoms with Crippen LogP contribution in [0.1, 0.15) is 48.0 Å². The van der Waals surface area contributed by atoms with E-state index >= 15 is 0 Å². The third kappa shape index (κ3) is 4.08. The van der Waals surface area contributed by atoms with Crippen LogP contribution >= 0.6 is 0 Å². The molecule has 22 heavy (non-hydrogen) atoms. The Kier molecular flexibility index (Phi) is 5.05. The fourth-order valence-corrected chi connectivity index (χ4v) is 2.56. The number of nitro groups is 1. The Bertz CT molecular complexity index is 532. The monoisotopic (exact) mass is 311 g/mol. The molecule has 0 amide bonds. The maximum atomic E-state index is 11.4. The fourth-order valence-electron chi connectivity index (χ4n) is 2.56. The summed E-state index contributed by atoms with van der Waals surface area (Å²) >= 11 is 0. The Hall–Kier alpha value is -1.85. The lowest BCUT2D eigenvalue weighted by Crippen LogP contribution is -2.31. The molecule has 6 nitrogen and oxygen atoms in total. The Labute approximate surface area is 131 Å². The van der Waals surface area contributed by atoms with Crippen molar-refractivity contribution in [1.82, 2.24) is 0 Å². The minimum atomic E-state index is -0.859. The van der Waals surface area contributed by atoms with Gasteiger partial charge in [0.25, 0.3) is 5.70 Å². The average Bonchev–Trinajstić information content (AvgIpc) is 2.35. The second-order valence-electron chi connectivity index (χ2n) is 7.60. The molecule has 0 aromatic carbocycles. The van der Waals surface area contributed by atoms with Crippen LogP contribution in [0.2, 0.25) is 0 Å². The van der Waals surface area contributed by atoms with Gasteiger partial charge in [-0.2, -0.15) is 0 Å². The number of ether oxygens (including phenoxy) is 2. The molecule has 0 radical (unpaired) electrons. The van der Waals surface area contributed by atoms with Gasteiger partial charge >= 0.3 is 6.16 Å². The molecule has 0 N–H and O–H groups in total. The maximum absolute atomic E-state index is 11.4. The van der Waals surface area contributed by atoms with Crippen molar-refractivity contribution in [3.63, 3.8) is 0 Å². The second kappa shape index (κ2) is 6.10. The van der Waals surface area contributed by atoms with Crippen LogP contribution in [0.4, 0.5) is 4.79 Å². The van der Waals surface area contributed by atoms with Gasteiger partial charge in [0.2, 0.25) is 0 Å². The van der Waals surface area contributed by atoms with Gasteiger partial charge in [-0.1, -0.05) is 41.5 Å². The van der Waals surface area contributed by atoms with Crippen LogP contribution in [0.25, 0.3) is 0 Å². The Morgan fingerprint density at radius 3 is 2.18 bits per heavy atom. The SMILES string of the molecule is COC(=O)OC1=CC([N+](=O)[O-])=C(C(C)(C)C)CC1C(C)(C)C. The normalized spacial score (nSPS) is 19.6. The Morgan fingerprint density at radius 2 is 1.82 bits per heavy atom. The van der Waals surface area contributed by atoms with Crippen LogP contribution in [-0.2, 0) is 9.47 Å². The molecular weight excluding hydrogens is 286 g/mol. The summed E-state index contributed by atoms with van der Waals surface area (Å²) in [6, 6.07) is 0. The molecule has 0 aliphatic heterocycles. The number of carbonyl (C=O) groups is 1. The lowest BCUT2D eigenvalue weighted by molar-refractivity contribution is -0.421. The summed E-state index contributed by atoms with van der Waals surface area (Å²) in [6.07, 6.45) is 0.991. The highest BCUT2D eigenvalue weighted by atomic mass is 16.7. The van der Waals surface area contributed by atoms with Gasteiger partial charge in [-0.3, -0.25) is 10.1 Å². The lowest BCUT2D eigenvalue weighted by Gasteiger charge is -2.37. The highest BCUT2D eigenvalue weighted by Gasteiger charge is 2.41. The molecule has 0 fully saturated rings. The topological polar surface area (TPSA) is 78.7 Å². The summed E-state index contributed by atoms with van der Waals surface area (Å²) in [5.74, 6) is 0.156. The number of allylic oxidation sites excluding steroid dienone is 3. The van der Waals surface area contributed by atoms with Crippen LogP contribution in [-0.4, -0.2) is 18.2 Å². The minimum Gasteiger partial charge on any atom is -0.437 e. The molecule has 0 heterocycles. The largest absolute Gasteiger partial charge is 0.513 e. The van der Waals surface area contributed by atoms with E-state index in [1.807, 2.05) is 41.5 Å². The van der Waals surface area contributed by atoms with Crippen LogP contribution in [0, 0.1) is 26.9 Å². The molecule has 1 atom stereocenters. The zero-order valence-corrected chi connectivity index (χ0v) is 14.4. The molecule has 0 spiro atoms. The summed E-state index contributed by atoms with van der Waals surface area (Å²) in [4.78, 5) is 22.4. The zero-order chi connectivity index (χ0) is 17.3. The van der Waals surface area contributed by atoms with Crippen LogP contribution in [0.3, 0.4) is 0 Å². The minimum absolute atomic E-state index is 0.00639. The van der Waals surface area contributed by atoms with Gasteiger partial charge in [-0.05, 0) is 17.3 Å². The predicted molar refractivity (Wildman–Crippen MR) is 82.6 cm³/mol. The molecule has 0 bridgehead atoms. The zero-order valence-electron chi connectivity index (χ0n) is 14.4. The van der Waals surface area contributed by atoms with Gasteiger partial charge in [-0.15, -0.1) is 0 Å². The lowest BCUT2D eigenvalue weighted by atomic mass is 9.69. The van der Waals surface area contributed by atoms with E-state index < -0.39 is 11.1 Å². The van der Waals surface area contributed by atoms with Crippen molar-refractivity contribution in [3.8, 4) is 0 Å². The molecule has 1 rings (SSSR count). The highest BCUT2D eigenvalue weighted by Crippen LogP contribution is 2.46. The summed E-state index contributed by atoms with van der Waals surface area (Å²) in [7, 11) is 1.21. The fraction of sp³-hybridized carbons (Fsp3) is 0.688. The molecular formula is C16H25NO5. The van der Waals surface area contributed by atoms with E-state index in [4.69, 9.17) is 4.74 Å². The van der Waals surface area contributed by atoms with Gasteiger partial charge in [0.1, 0.15) is 5.76 Å². The smallest absolute Gasteiger partial charge is 0.437 e. The summed E-state index contributed by atoms with van der Waals surface area (Å²) in [5.41, 5.74) is 0.221. The maximum Gasteiger partial charge on any atom is 0.513 e. The first kappa shape index (κ1) is 18.2. The van der Waals surface area contributed by atoms with Crippen molar-refractivity contribution in [2.75, 3.05) is 7.11 Å². The highest BCUT2D eigenvalue weighted by molar-refractivity contribution is 5.61. The summed E-state index contributed by atoms with van der Waals surface area (Å²) in [5, 5.41) is 11.4. The number of carbonyl (C=O) groups excluding carboxylic acids is 1. The summed E-state index contributed by atoms with van der Waals surface area (Å²) < 4.78 is 9.70. The van der Waals surface area contributed by atoms with E-state index in [-0.39, 0.29) is 22.4 Å². The van der Waals surface area contributed by atoms with Crippen molar-refractivity contribution >= 4 is 6.16 Å². The molecule has 0 aromatic heterocycles. The Balaban J connectivity index is 3.42. The number of rotatable bonds is 2. The van der Waals surface area contributed by atoms with Crippen molar-refractivity contribution in [2.45, 2.75) is 48.0 Å². The van der Waals surface area contributed by atoms with Crippen LogP contribution in [0.15, 0.2) is 23.1 Å². The van der Waals surface area contributed by atoms with E-state index in [0.29, 0.717) is 12.2 Å². The molecule has 1 aliphatic rings. The first-order chi connectivity index (χ1) is 9.87. The van der Waals surface area contributed by atoms with Crippen LogP contribution < -0.4 is 0 Å². The summed E-state index contributed by atoms with van der Waals surface area (Å²) in [6.45, 7) is 11.9. The molecule has 0 saturated carbocycles. The Morgan fingerprint density at radius 1 is 1.27 bits per heavy atom. The van der Waals surface area contributed by atoms with E-state index in [0.717, 1.165) is 5.57 Å². The number of nitrogens with zero attached hydrogens (tertiary/aromatic N) is 1. The number of methoxy groups -OCH3 is 1. The molecule has 0 aromatic rings. The number of hydrogen-bond acceptors (Lipinski definition) is 5. The first-order valence-corrected chi connectivity index (χ1v) is 7.23. The van der Waals surface area contributed by atoms with Gasteiger partial charge in [-0.25, -0.2) is 4.79 Å². The third-order valence-electron chi connectivity index (χ3n) is 3.86. The molecule has 1 aliphatic carbocycles.